The zero-order chi connectivity index (χ0) is 16.0. The molecule has 0 radical (unpaired) electrons. The van der Waals surface area contributed by atoms with E-state index >= 15 is 0 Å². The molecular formula is C16H25N3O2. The van der Waals surface area contributed by atoms with Gasteiger partial charge in [0.2, 0.25) is 11.8 Å². The molecule has 0 saturated carbocycles. The second-order valence-electron chi connectivity index (χ2n) is 5.37. The molecule has 5 heteroatoms. The highest BCUT2D eigenvalue weighted by atomic mass is 16.2. The quantitative estimate of drug-likeness (QED) is 0.709. The molecule has 21 heavy (non-hydrogen) atoms. The fraction of sp³-hybridized carbons (Fsp3) is 0.500. The monoisotopic (exact) mass is 291 g/mol. The first-order valence-electron chi connectivity index (χ1n) is 7.30. The van der Waals surface area contributed by atoms with Gasteiger partial charge >= 0.3 is 0 Å². The van der Waals surface area contributed by atoms with Crippen LogP contribution in [0.2, 0.25) is 0 Å². The first-order valence-corrected chi connectivity index (χ1v) is 7.30. The van der Waals surface area contributed by atoms with Gasteiger partial charge in [0.1, 0.15) is 5.54 Å². The minimum atomic E-state index is -0.998. The van der Waals surface area contributed by atoms with Crippen LogP contribution >= 0.6 is 0 Å². The predicted molar refractivity (Wildman–Crippen MR) is 83.2 cm³/mol. The Hall–Kier alpha value is -1.88. The lowest BCUT2D eigenvalue weighted by Gasteiger charge is -2.31. The van der Waals surface area contributed by atoms with Crippen molar-refractivity contribution in [3.05, 3.63) is 35.9 Å². The summed E-state index contributed by atoms with van der Waals surface area (Å²) < 4.78 is 0. The van der Waals surface area contributed by atoms with Crippen molar-refractivity contribution in [1.82, 2.24) is 5.32 Å². The molecule has 1 rings (SSSR count). The number of benzene rings is 1. The van der Waals surface area contributed by atoms with Crippen LogP contribution in [0.15, 0.2) is 30.3 Å². The molecule has 0 bridgehead atoms. The average Bonchev–Trinajstić information content (AvgIpc) is 2.51. The van der Waals surface area contributed by atoms with Crippen molar-refractivity contribution >= 4 is 11.8 Å². The standard InChI is InChI=1S/C16H25N3O2/c1-4-16(5-2,15(18)21)19-14(20)11(3)13(17)12-9-7-6-8-10-12/h6-11,13H,4-5,17H2,1-3H3,(H2,18,21)(H,19,20). The van der Waals surface area contributed by atoms with E-state index in [1.807, 2.05) is 44.2 Å². The molecule has 5 nitrogen and oxygen atoms in total. The van der Waals surface area contributed by atoms with E-state index in [1.165, 1.54) is 0 Å². The third-order valence-corrected chi connectivity index (χ3v) is 4.18. The molecule has 2 unspecified atom stereocenters. The van der Waals surface area contributed by atoms with Gasteiger partial charge in [0.25, 0.3) is 0 Å². The van der Waals surface area contributed by atoms with Crippen molar-refractivity contribution in [2.45, 2.75) is 45.2 Å². The maximum atomic E-state index is 12.4. The highest BCUT2D eigenvalue weighted by Gasteiger charge is 2.36. The lowest BCUT2D eigenvalue weighted by molar-refractivity contribution is -0.134. The number of nitrogens with one attached hydrogen (secondary N) is 1. The van der Waals surface area contributed by atoms with Crippen LogP contribution in [-0.2, 0) is 9.59 Å². The Bertz CT molecular complexity index is 484. The summed E-state index contributed by atoms with van der Waals surface area (Å²) in [5.41, 5.74) is 11.5. The number of hydrogen-bond acceptors (Lipinski definition) is 3. The van der Waals surface area contributed by atoms with Gasteiger partial charge in [-0.2, -0.15) is 0 Å². The lowest BCUT2D eigenvalue weighted by atomic mass is 9.89. The van der Waals surface area contributed by atoms with Crippen molar-refractivity contribution in [3.8, 4) is 0 Å². The summed E-state index contributed by atoms with van der Waals surface area (Å²) in [6.07, 6.45) is 0.912. The van der Waals surface area contributed by atoms with Gasteiger partial charge in [-0.05, 0) is 18.4 Å². The number of carbonyl (C=O) groups excluding carboxylic acids is 2. The summed E-state index contributed by atoms with van der Waals surface area (Å²) in [5, 5.41) is 2.79. The Balaban J connectivity index is 2.85. The van der Waals surface area contributed by atoms with Gasteiger partial charge in [0.15, 0.2) is 0 Å². The highest BCUT2D eigenvalue weighted by Crippen LogP contribution is 2.22. The maximum Gasteiger partial charge on any atom is 0.243 e. The van der Waals surface area contributed by atoms with Crippen LogP contribution in [0.5, 0.6) is 0 Å². The topological polar surface area (TPSA) is 98.2 Å². The summed E-state index contributed by atoms with van der Waals surface area (Å²) >= 11 is 0. The molecular weight excluding hydrogens is 266 g/mol. The molecule has 2 amide bonds. The number of hydrogen-bond donors (Lipinski definition) is 3. The molecule has 0 aromatic heterocycles. The van der Waals surface area contributed by atoms with E-state index in [0.29, 0.717) is 12.8 Å². The Labute approximate surface area is 126 Å². The van der Waals surface area contributed by atoms with Crippen molar-refractivity contribution in [2.75, 3.05) is 0 Å². The number of carbonyl (C=O) groups is 2. The second kappa shape index (κ2) is 7.22. The molecule has 0 saturated heterocycles. The third-order valence-electron chi connectivity index (χ3n) is 4.18. The molecule has 116 valence electrons. The molecule has 0 spiro atoms. The lowest BCUT2D eigenvalue weighted by Crippen LogP contribution is -2.58. The van der Waals surface area contributed by atoms with E-state index in [0.717, 1.165) is 5.56 Å². The van der Waals surface area contributed by atoms with Crippen LogP contribution in [0.3, 0.4) is 0 Å². The van der Waals surface area contributed by atoms with E-state index < -0.39 is 23.4 Å². The molecule has 0 heterocycles. The number of primary amides is 1. The Morgan fingerprint density at radius 3 is 2.14 bits per heavy atom. The number of nitrogens with two attached hydrogens (primary N) is 2. The first-order chi connectivity index (χ1) is 9.88. The van der Waals surface area contributed by atoms with E-state index in [-0.39, 0.29) is 5.91 Å². The van der Waals surface area contributed by atoms with E-state index in [9.17, 15) is 9.59 Å². The Morgan fingerprint density at radius 1 is 1.19 bits per heavy atom. The molecule has 0 aliphatic carbocycles. The van der Waals surface area contributed by atoms with Crippen LogP contribution < -0.4 is 16.8 Å². The number of rotatable bonds is 7. The van der Waals surface area contributed by atoms with Gasteiger partial charge in [-0.1, -0.05) is 51.1 Å². The zero-order valence-corrected chi connectivity index (χ0v) is 12.9. The smallest absolute Gasteiger partial charge is 0.243 e. The maximum absolute atomic E-state index is 12.4. The van der Waals surface area contributed by atoms with E-state index in [4.69, 9.17) is 11.5 Å². The van der Waals surface area contributed by atoms with Crippen molar-refractivity contribution in [1.29, 1.82) is 0 Å². The van der Waals surface area contributed by atoms with Gasteiger partial charge in [-0.3, -0.25) is 9.59 Å². The molecule has 0 aliphatic rings. The second-order valence-corrected chi connectivity index (χ2v) is 5.37. The summed E-state index contributed by atoms with van der Waals surface area (Å²) in [7, 11) is 0. The highest BCUT2D eigenvalue weighted by molar-refractivity contribution is 5.91. The van der Waals surface area contributed by atoms with Crippen LogP contribution in [0, 0.1) is 5.92 Å². The SMILES string of the molecule is CCC(CC)(NC(=O)C(C)C(N)c1ccccc1)C(N)=O. The van der Waals surface area contributed by atoms with Crippen LogP contribution in [0.4, 0.5) is 0 Å². The first kappa shape index (κ1) is 17.2. The normalized spacial score (nSPS) is 14.3. The van der Waals surface area contributed by atoms with Crippen LogP contribution in [0.1, 0.15) is 45.2 Å². The fourth-order valence-electron chi connectivity index (χ4n) is 2.31. The van der Waals surface area contributed by atoms with Gasteiger partial charge < -0.3 is 16.8 Å². The summed E-state index contributed by atoms with van der Waals surface area (Å²) in [6, 6.07) is 9.00. The van der Waals surface area contributed by atoms with E-state index in [1.54, 1.807) is 6.92 Å². The van der Waals surface area contributed by atoms with Gasteiger partial charge in [0.05, 0.1) is 5.92 Å². The Morgan fingerprint density at radius 2 is 1.71 bits per heavy atom. The van der Waals surface area contributed by atoms with Crippen molar-refractivity contribution < 1.29 is 9.59 Å². The van der Waals surface area contributed by atoms with Crippen molar-refractivity contribution in [3.63, 3.8) is 0 Å². The molecule has 2 atom stereocenters. The third kappa shape index (κ3) is 3.82. The summed E-state index contributed by atoms with van der Waals surface area (Å²) in [4.78, 5) is 24.1. The van der Waals surface area contributed by atoms with Gasteiger partial charge in [0, 0.05) is 6.04 Å². The summed E-state index contributed by atoms with van der Waals surface area (Å²) in [5.74, 6) is -1.22. The van der Waals surface area contributed by atoms with Crippen LogP contribution in [-0.4, -0.2) is 17.4 Å². The molecule has 1 aromatic rings. The largest absolute Gasteiger partial charge is 0.368 e. The minimum Gasteiger partial charge on any atom is -0.368 e. The molecule has 5 N–H and O–H groups in total. The van der Waals surface area contributed by atoms with Crippen LogP contribution in [0.25, 0.3) is 0 Å². The molecule has 0 aliphatic heterocycles. The fourth-order valence-corrected chi connectivity index (χ4v) is 2.31. The zero-order valence-electron chi connectivity index (χ0n) is 12.9. The van der Waals surface area contributed by atoms with Gasteiger partial charge in [-0.15, -0.1) is 0 Å². The minimum absolute atomic E-state index is 0.256. The van der Waals surface area contributed by atoms with Gasteiger partial charge in [-0.25, -0.2) is 0 Å². The predicted octanol–water partition coefficient (Wildman–Crippen LogP) is 1.48. The van der Waals surface area contributed by atoms with Crippen molar-refractivity contribution in [2.24, 2.45) is 17.4 Å². The summed E-state index contributed by atoms with van der Waals surface area (Å²) in [6.45, 7) is 5.41. The Kier molecular flexibility index (Phi) is 5.90. The van der Waals surface area contributed by atoms with E-state index in [2.05, 4.69) is 5.32 Å². The average molecular weight is 291 g/mol. The molecule has 1 aromatic carbocycles. The number of amides is 2. The molecule has 0 fully saturated rings.